The molecule has 0 bridgehead atoms. The minimum absolute atomic E-state index is 0.0692. The van der Waals surface area contributed by atoms with E-state index in [0.29, 0.717) is 12.5 Å². The van der Waals surface area contributed by atoms with Gasteiger partial charge >= 0.3 is 0 Å². The lowest BCUT2D eigenvalue weighted by atomic mass is 10.0. The van der Waals surface area contributed by atoms with Crippen molar-refractivity contribution in [3.05, 3.63) is 52.3 Å². The van der Waals surface area contributed by atoms with Gasteiger partial charge in [0, 0.05) is 23.9 Å². The van der Waals surface area contributed by atoms with E-state index >= 15 is 0 Å². The fourth-order valence-electron chi connectivity index (χ4n) is 2.70. The molecule has 2 N–H and O–H groups in total. The Morgan fingerprint density at radius 3 is 2.43 bits per heavy atom. The van der Waals surface area contributed by atoms with Crippen LogP contribution >= 0.6 is 0 Å². The molecule has 0 fully saturated rings. The highest BCUT2D eigenvalue weighted by Crippen LogP contribution is 2.30. The quantitative estimate of drug-likeness (QED) is 0.681. The van der Waals surface area contributed by atoms with Crippen molar-refractivity contribution in [3.63, 3.8) is 0 Å². The Labute approximate surface area is 134 Å². The molecule has 1 aliphatic heterocycles. The molecule has 0 radical (unpaired) electrons. The van der Waals surface area contributed by atoms with E-state index in [4.69, 9.17) is 5.73 Å². The van der Waals surface area contributed by atoms with Crippen LogP contribution in [-0.4, -0.2) is 27.6 Å². The molecule has 3 rings (SSSR count). The van der Waals surface area contributed by atoms with Gasteiger partial charge in [0.25, 0.3) is 5.69 Å². The Morgan fingerprint density at radius 2 is 1.87 bits per heavy atom. The number of hydrogen-bond acceptors (Lipinski definition) is 5. The minimum atomic E-state index is -0.407. The molecule has 1 aromatic heterocycles. The summed E-state index contributed by atoms with van der Waals surface area (Å²) in [5.74, 6) is 0.476. The van der Waals surface area contributed by atoms with Gasteiger partial charge in [-0.2, -0.15) is 0 Å². The molecule has 0 unspecified atom stereocenters. The summed E-state index contributed by atoms with van der Waals surface area (Å²) >= 11 is 0. The van der Waals surface area contributed by atoms with Crippen molar-refractivity contribution in [2.24, 2.45) is 10.7 Å². The van der Waals surface area contributed by atoms with Gasteiger partial charge in [0.2, 0.25) is 0 Å². The summed E-state index contributed by atoms with van der Waals surface area (Å²) < 4.78 is 2.01. The maximum atomic E-state index is 10.8. The van der Waals surface area contributed by atoms with Crippen LogP contribution in [0.2, 0.25) is 0 Å². The van der Waals surface area contributed by atoms with Gasteiger partial charge in [-0.1, -0.05) is 0 Å². The zero-order valence-electron chi connectivity index (χ0n) is 13.4. The van der Waals surface area contributed by atoms with Crippen LogP contribution in [0, 0.1) is 10.1 Å². The normalized spacial score (nSPS) is 14.4. The van der Waals surface area contributed by atoms with Crippen molar-refractivity contribution in [2.45, 2.75) is 26.3 Å². The van der Waals surface area contributed by atoms with Crippen LogP contribution in [0.25, 0.3) is 11.1 Å². The summed E-state index contributed by atoms with van der Waals surface area (Å²) in [7, 11) is 0. The lowest BCUT2D eigenvalue weighted by Gasteiger charge is -2.40. The van der Waals surface area contributed by atoms with Gasteiger partial charge in [-0.3, -0.25) is 19.8 Å². The predicted molar refractivity (Wildman–Crippen MR) is 90.1 cm³/mol. The smallest absolute Gasteiger partial charge is 0.269 e. The number of benzene rings is 1. The lowest BCUT2D eigenvalue weighted by Crippen LogP contribution is -2.52. The monoisotopic (exact) mass is 313 g/mol. The van der Waals surface area contributed by atoms with E-state index in [1.54, 1.807) is 12.1 Å². The Morgan fingerprint density at radius 1 is 1.22 bits per heavy atom. The number of hydrogen-bond donors (Lipinski definition) is 1. The first-order chi connectivity index (χ1) is 10.8. The van der Waals surface area contributed by atoms with E-state index in [1.165, 1.54) is 12.1 Å². The zero-order valence-corrected chi connectivity index (χ0v) is 13.4. The molecule has 0 saturated heterocycles. The number of rotatable bonds is 2. The van der Waals surface area contributed by atoms with Crippen LogP contribution in [0.1, 0.15) is 26.5 Å². The standard InChI is InChI=1S/C16H19N5O2/c1-16(2,3)20-10-18-15(17)14-13(8-9-19(14)20)11-4-6-12(7-5-11)21(22)23/h4-9H,10H2,1-3H3,(H2,17,18). The van der Waals surface area contributed by atoms with Gasteiger partial charge in [0.15, 0.2) is 0 Å². The molecule has 0 saturated carbocycles. The number of aromatic nitrogens is 1. The summed E-state index contributed by atoms with van der Waals surface area (Å²) in [6, 6.07) is 8.42. The Hall–Kier alpha value is -2.83. The minimum Gasteiger partial charge on any atom is -0.382 e. The molecule has 2 heterocycles. The Bertz CT molecular complexity index is 784. The van der Waals surface area contributed by atoms with Crippen LogP contribution < -0.4 is 10.7 Å². The molecule has 7 heteroatoms. The fraction of sp³-hybridized carbons (Fsp3) is 0.312. The Balaban J connectivity index is 2.08. The molecule has 2 aromatic rings. The molecule has 0 amide bonds. The van der Waals surface area contributed by atoms with Crippen molar-refractivity contribution in [1.82, 2.24) is 4.68 Å². The first-order valence-corrected chi connectivity index (χ1v) is 7.33. The molecule has 7 nitrogen and oxygen atoms in total. The van der Waals surface area contributed by atoms with E-state index in [-0.39, 0.29) is 11.2 Å². The number of nitro groups is 1. The van der Waals surface area contributed by atoms with Crippen LogP contribution in [0.3, 0.4) is 0 Å². The number of amidine groups is 1. The first kappa shape index (κ1) is 15.1. The van der Waals surface area contributed by atoms with E-state index in [0.717, 1.165) is 16.8 Å². The van der Waals surface area contributed by atoms with Gasteiger partial charge in [-0.05, 0) is 44.5 Å². The van der Waals surface area contributed by atoms with Crippen molar-refractivity contribution in [3.8, 4) is 11.1 Å². The van der Waals surface area contributed by atoms with E-state index in [9.17, 15) is 10.1 Å². The largest absolute Gasteiger partial charge is 0.382 e. The van der Waals surface area contributed by atoms with E-state index < -0.39 is 4.92 Å². The summed E-state index contributed by atoms with van der Waals surface area (Å²) in [5, 5.41) is 12.9. The highest BCUT2D eigenvalue weighted by atomic mass is 16.6. The second kappa shape index (κ2) is 5.12. The molecule has 0 spiro atoms. The van der Waals surface area contributed by atoms with Gasteiger partial charge in [-0.15, -0.1) is 0 Å². The van der Waals surface area contributed by atoms with Crippen molar-refractivity contribution in [2.75, 3.05) is 11.7 Å². The fourth-order valence-corrected chi connectivity index (χ4v) is 2.70. The average Bonchev–Trinajstić information content (AvgIpc) is 2.92. The van der Waals surface area contributed by atoms with Crippen LogP contribution in [0.5, 0.6) is 0 Å². The summed E-state index contributed by atoms with van der Waals surface area (Å²) in [6.07, 6.45) is 1.96. The third kappa shape index (κ3) is 2.54. The second-order valence-corrected chi connectivity index (χ2v) is 6.48. The third-order valence-corrected chi connectivity index (χ3v) is 3.91. The first-order valence-electron chi connectivity index (χ1n) is 7.33. The molecular weight excluding hydrogens is 294 g/mol. The molecule has 23 heavy (non-hydrogen) atoms. The second-order valence-electron chi connectivity index (χ2n) is 6.48. The highest BCUT2D eigenvalue weighted by Gasteiger charge is 2.29. The summed E-state index contributed by atoms with van der Waals surface area (Å²) in [5.41, 5.74) is 8.67. The molecule has 1 aliphatic rings. The summed E-state index contributed by atoms with van der Waals surface area (Å²) in [6.45, 7) is 6.83. The zero-order chi connectivity index (χ0) is 16.8. The molecule has 120 valence electrons. The number of nitrogens with zero attached hydrogens (tertiary/aromatic N) is 4. The van der Waals surface area contributed by atoms with Crippen LogP contribution in [-0.2, 0) is 0 Å². The number of aliphatic imine (C=N–C) groups is 1. The van der Waals surface area contributed by atoms with Crippen molar-refractivity contribution in [1.29, 1.82) is 0 Å². The molecule has 1 aromatic carbocycles. The van der Waals surface area contributed by atoms with Crippen molar-refractivity contribution >= 4 is 11.5 Å². The Kier molecular flexibility index (Phi) is 3.35. The molecule has 0 atom stereocenters. The van der Waals surface area contributed by atoms with Gasteiger partial charge in [0.05, 0.1) is 10.5 Å². The van der Waals surface area contributed by atoms with Gasteiger partial charge < -0.3 is 5.73 Å². The average molecular weight is 313 g/mol. The summed E-state index contributed by atoms with van der Waals surface area (Å²) in [4.78, 5) is 14.8. The molecular formula is C16H19N5O2. The van der Waals surface area contributed by atoms with E-state index in [1.807, 2.05) is 16.9 Å². The lowest BCUT2D eigenvalue weighted by molar-refractivity contribution is -0.384. The number of nitrogens with two attached hydrogens (primary N) is 1. The predicted octanol–water partition coefficient (Wildman–Crippen LogP) is 2.48. The SMILES string of the molecule is CC(C)(C)N1CN=C(N)c2c(-c3ccc([N+](=O)[O-])cc3)ccn21. The number of non-ortho nitro benzene ring substituents is 1. The maximum absolute atomic E-state index is 10.8. The number of fused-ring (bicyclic) bond motifs is 1. The highest BCUT2D eigenvalue weighted by molar-refractivity contribution is 6.03. The van der Waals surface area contributed by atoms with Crippen molar-refractivity contribution < 1.29 is 4.92 Å². The van der Waals surface area contributed by atoms with E-state index in [2.05, 4.69) is 30.8 Å². The molecule has 0 aliphatic carbocycles. The topological polar surface area (TPSA) is 89.7 Å². The third-order valence-electron chi connectivity index (χ3n) is 3.91. The van der Waals surface area contributed by atoms with Crippen LogP contribution in [0.4, 0.5) is 5.69 Å². The number of nitro benzene ring substituents is 1. The van der Waals surface area contributed by atoms with Gasteiger partial charge in [0.1, 0.15) is 18.2 Å². The van der Waals surface area contributed by atoms with Gasteiger partial charge in [-0.25, -0.2) is 4.99 Å². The van der Waals surface area contributed by atoms with Crippen LogP contribution in [0.15, 0.2) is 41.5 Å². The maximum Gasteiger partial charge on any atom is 0.269 e.